The maximum Gasteiger partial charge on any atom is 0.335 e. The number of nitrogens with one attached hydrogen (secondary N) is 1. The van der Waals surface area contributed by atoms with E-state index >= 15 is 0 Å². The molecule has 25 heavy (non-hydrogen) atoms. The second-order valence-electron chi connectivity index (χ2n) is 7.62. The topological polar surface area (TPSA) is 72.5 Å². The summed E-state index contributed by atoms with van der Waals surface area (Å²) in [6.45, 7) is 14.0. The molecule has 1 unspecified atom stereocenters. The Morgan fingerprint density at radius 2 is 1.72 bits per heavy atom. The van der Waals surface area contributed by atoms with Crippen molar-refractivity contribution in [2.24, 2.45) is 0 Å². The number of carbonyl (C=O) groups is 1. The van der Waals surface area contributed by atoms with Crippen molar-refractivity contribution in [3.05, 3.63) is 47.0 Å². The number of carbonyl (C=O) groups excluding carboxylic acids is 1. The average molecular weight is 384 g/mol. The second kappa shape index (κ2) is 8.29. The fourth-order valence-electron chi connectivity index (χ4n) is 2.44. The van der Waals surface area contributed by atoms with Crippen LogP contribution in [0.3, 0.4) is 0 Å². The van der Waals surface area contributed by atoms with Crippen molar-refractivity contribution in [3.63, 3.8) is 0 Å². The first-order valence-corrected chi connectivity index (χ1v) is 13.6. The molecule has 1 rings (SSSR count). The van der Waals surface area contributed by atoms with E-state index < -0.39 is 30.1 Å². The number of sulfonamides is 1. The van der Waals surface area contributed by atoms with Crippen LogP contribution in [0.5, 0.6) is 0 Å². The van der Waals surface area contributed by atoms with Crippen molar-refractivity contribution >= 4 is 24.1 Å². The molecule has 0 aliphatic rings. The first-order chi connectivity index (χ1) is 11.3. The highest BCUT2D eigenvalue weighted by molar-refractivity contribution is 7.89. The Kier molecular flexibility index (Phi) is 7.16. The molecule has 0 saturated heterocycles. The van der Waals surface area contributed by atoms with Crippen molar-refractivity contribution in [1.82, 2.24) is 4.72 Å². The molecule has 0 bridgehead atoms. The van der Waals surface area contributed by atoms with Gasteiger partial charge in [-0.1, -0.05) is 55.5 Å². The molecule has 0 aromatic heterocycles. The zero-order valence-electron chi connectivity index (χ0n) is 16.0. The van der Waals surface area contributed by atoms with Crippen LogP contribution in [0.25, 0.3) is 0 Å². The lowest BCUT2D eigenvalue weighted by Crippen LogP contribution is -2.36. The van der Waals surface area contributed by atoms with Crippen LogP contribution in [0.1, 0.15) is 22.7 Å². The summed E-state index contributed by atoms with van der Waals surface area (Å²) in [7, 11) is -3.81. The molecule has 1 aromatic rings. The van der Waals surface area contributed by atoms with E-state index in [2.05, 4.69) is 30.9 Å². The van der Waals surface area contributed by atoms with Crippen molar-refractivity contribution in [2.75, 3.05) is 12.9 Å². The number of ether oxygens (including phenoxy) is 1. The lowest BCUT2D eigenvalue weighted by molar-refractivity contribution is -0.136. The minimum absolute atomic E-state index is 0.0402. The Hall–Kier alpha value is -1.44. The highest BCUT2D eigenvalue weighted by Gasteiger charge is 2.28. The molecule has 5 nitrogen and oxygen atoms in total. The Bertz CT molecular complexity index is 731. The van der Waals surface area contributed by atoms with Crippen LogP contribution in [0.15, 0.2) is 30.4 Å². The Labute approximate surface area is 152 Å². The summed E-state index contributed by atoms with van der Waals surface area (Å²) in [6, 6.07) is 5.51. The lowest BCUT2D eigenvalue weighted by Gasteiger charge is -2.22. The van der Waals surface area contributed by atoms with Crippen molar-refractivity contribution in [1.29, 1.82) is 0 Å². The fourth-order valence-corrected chi connectivity index (χ4v) is 6.72. The summed E-state index contributed by atoms with van der Waals surface area (Å²) in [5.74, 6) is -0.588. The van der Waals surface area contributed by atoms with Gasteiger partial charge in [-0.15, -0.1) is 0 Å². The zero-order valence-corrected chi connectivity index (χ0v) is 17.8. The van der Waals surface area contributed by atoms with E-state index in [1.54, 1.807) is 0 Å². The summed E-state index contributed by atoms with van der Waals surface area (Å²) >= 11 is 0. The smallest absolute Gasteiger partial charge is 0.335 e. The molecular formula is C18H29NO4SSi. The van der Waals surface area contributed by atoms with Crippen molar-refractivity contribution in [3.8, 4) is 0 Å². The van der Waals surface area contributed by atoms with E-state index in [1.165, 1.54) is 7.11 Å². The molecule has 0 heterocycles. The van der Waals surface area contributed by atoms with Crippen LogP contribution in [-0.4, -0.2) is 35.3 Å². The molecule has 0 radical (unpaired) electrons. The molecule has 140 valence electrons. The molecule has 0 saturated carbocycles. The Morgan fingerprint density at radius 3 is 2.16 bits per heavy atom. The molecular weight excluding hydrogens is 354 g/mol. The Morgan fingerprint density at radius 1 is 1.20 bits per heavy atom. The highest BCUT2D eigenvalue weighted by atomic mass is 32.2. The highest BCUT2D eigenvalue weighted by Crippen LogP contribution is 2.25. The summed E-state index contributed by atoms with van der Waals surface area (Å²) in [6.07, 6.45) is 0. The number of esters is 1. The van der Waals surface area contributed by atoms with E-state index in [1.807, 2.05) is 32.0 Å². The SMILES string of the molecule is C=C(C(=O)OC)C(NS(=O)(=O)CC[Si](C)(C)C)c1cc(C)cc(C)c1. The third-order valence-electron chi connectivity index (χ3n) is 3.79. The first-order valence-electron chi connectivity index (χ1n) is 8.20. The maximum atomic E-state index is 12.6. The van der Waals surface area contributed by atoms with Gasteiger partial charge in [0, 0.05) is 8.07 Å². The van der Waals surface area contributed by atoms with E-state index in [0.717, 1.165) is 11.1 Å². The predicted octanol–water partition coefficient (Wildman–Crippen LogP) is 3.33. The normalized spacial score (nSPS) is 13.4. The summed E-state index contributed by atoms with van der Waals surface area (Å²) in [4.78, 5) is 11.9. The van der Waals surface area contributed by atoms with Crippen LogP contribution >= 0.6 is 0 Å². The van der Waals surface area contributed by atoms with Crippen LogP contribution in [0.4, 0.5) is 0 Å². The third kappa shape index (κ3) is 7.13. The lowest BCUT2D eigenvalue weighted by atomic mass is 9.97. The molecule has 0 aliphatic carbocycles. The van der Waals surface area contributed by atoms with Gasteiger partial charge in [0.25, 0.3) is 0 Å². The summed E-state index contributed by atoms with van der Waals surface area (Å²) < 4.78 is 32.5. The number of aryl methyl sites for hydroxylation is 2. The van der Waals surface area contributed by atoms with Gasteiger partial charge >= 0.3 is 5.97 Å². The number of rotatable bonds is 8. The van der Waals surface area contributed by atoms with Gasteiger partial charge in [-0.3, -0.25) is 0 Å². The molecule has 0 fully saturated rings. The summed E-state index contributed by atoms with van der Waals surface area (Å²) in [5, 5.41) is 0. The molecule has 7 heteroatoms. The molecule has 0 aliphatic heterocycles. The van der Waals surface area contributed by atoms with Gasteiger partial charge in [0.15, 0.2) is 0 Å². The van der Waals surface area contributed by atoms with Crippen molar-refractivity contribution in [2.45, 2.75) is 45.6 Å². The third-order valence-corrected chi connectivity index (χ3v) is 7.24. The van der Waals surface area contributed by atoms with Crippen LogP contribution in [0.2, 0.25) is 25.7 Å². The quantitative estimate of drug-likeness (QED) is 0.424. The molecule has 0 amide bonds. The number of hydrogen-bond acceptors (Lipinski definition) is 4. The fraction of sp³-hybridized carbons (Fsp3) is 0.500. The van der Waals surface area contributed by atoms with E-state index in [0.29, 0.717) is 11.6 Å². The zero-order chi connectivity index (χ0) is 19.4. The van der Waals surface area contributed by atoms with Gasteiger partial charge in [-0.25, -0.2) is 17.9 Å². The average Bonchev–Trinajstić information content (AvgIpc) is 2.48. The molecule has 1 aromatic carbocycles. The van der Waals surface area contributed by atoms with Gasteiger partial charge in [-0.2, -0.15) is 0 Å². The predicted molar refractivity (Wildman–Crippen MR) is 105 cm³/mol. The molecule has 1 atom stereocenters. The Balaban J connectivity index is 3.19. The second-order valence-corrected chi connectivity index (χ2v) is 15.1. The minimum Gasteiger partial charge on any atom is -0.466 e. The number of hydrogen-bond donors (Lipinski definition) is 1. The number of methoxy groups -OCH3 is 1. The number of benzene rings is 1. The van der Waals surface area contributed by atoms with E-state index in [-0.39, 0.29) is 11.3 Å². The van der Waals surface area contributed by atoms with Crippen LogP contribution < -0.4 is 4.72 Å². The molecule has 1 N–H and O–H groups in total. The first kappa shape index (κ1) is 21.6. The molecule has 0 spiro atoms. The van der Waals surface area contributed by atoms with Gasteiger partial charge < -0.3 is 4.74 Å². The van der Waals surface area contributed by atoms with Crippen LogP contribution in [-0.2, 0) is 19.6 Å². The van der Waals surface area contributed by atoms with Gasteiger partial charge in [0.05, 0.1) is 24.5 Å². The largest absolute Gasteiger partial charge is 0.466 e. The van der Waals surface area contributed by atoms with Crippen LogP contribution in [0, 0.1) is 13.8 Å². The maximum absolute atomic E-state index is 12.6. The summed E-state index contributed by atoms with van der Waals surface area (Å²) in [5.41, 5.74) is 2.73. The van der Waals surface area contributed by atoms with E-state index in [4.69, 9.17) is 4.74 Å². The standard InChI is InChI=1S/C18H29NO4SSi/c1-13-10-14(2)12-16(11-13)17(15(3)18(20)23-4)19-24(21,22)8-9-25(5,6)7/h10-12,17,19H,3,8-9H2,1-2,4-7H3. The van der Waals surface area contributed by atoms with Gasteiger partial charge in [0.2, 0.25) is 10.0 Å². The monoisotopic (exact) mass is 383 g/mol. The van der Waals surface area contributed by atoms with E-state index in [9.17, 15) is 13.2 Å². The van der Waals surface area contributed by atoms with Gasteiger partial charge in [0.1, 0.15) is 0 Å². The minimum atomic E-state index is -3.56. The van der Waals surface area contributed by atoms with Crippen molar-refractivity contribution < 1.29 is 17.9 Å². The van der Waals surface area contributed by atoms with Gasteiger partial charge in [-0.05, 0) is 25.5 Å².